The van der Waals surface area contributed by atoms with E-state index in [0.717, 1.165) is 12.1 Å². The minimum absolute atomic E-state index is 0.116. The van der Waals surface area contributed by atoms with Crippen molar-refractivity contribution in [2.75, 3.05) is 18.4 Å². The Morgan fingerprint density at radius 3 is 2.64 bits per heavy atom. The molecule has 0 aliphatic rings. The molecule has 10 heteroatoms. The first-order chi connectivity index (χ1) is 13.3. The average molecular weight is 390 g/mol. The van der Waals surface area contributed by atoms with Crippen LogP contribution in [0, 0.1) is 6.92 Å². The van der Waals surface area contributed by atoms with Gasteiger partial charge in [0.15, 0.2) is 5.82 Å². The molecule has 7 nitrogen and oxygen atoms in total. The SMILES string of the molecule is Cc1nc(NCCNC(=O)c2ccccc2C(F)(F)F)cc(-n2cccn2)n1. The number of carbonyl (C=O) groups excluding carboxylic acids is 1. The van der Waals surface area contributed by atoms with Crippen molar-refractivity contribution >= 4 is 11.7 Å². The van der Waals surface area contributed by atoms with E-state index < -0.39 is 23.2 Å². The number of aryl methyl sites for hydroxylation is 1. The Kier molecular flexibility index (Phi) is 5.57. The fourth-order valence-corrected chi connectivity index (χ4v) is 2.55. The van der Waals surface area contributed by atoms with Crippen LogP contribution in [0.15, 0.2) is 48.8 Å². The monoisotopic (exact) mass is 390 g/mol. The molecule has 2 N–H and O–H groups in total. The van der Waals surface area contributed by atoms with Gasteiger partial charge in [-0.3, -0.25) is 4.79 Å². The zero-order valence-electron chi connectivity index (χ0n) is 14.9. The third kappa shape index (κ3) is 4.64. The summed E-state index contributed by atoms with van der Waals surface area (Å²) in [5.74, 6) is 0.829. The normalized spacial score (nSPS) is 11.3. The van der Waals surface area contributed by atoms with Crippen LogP contribution in [0.4, 0.5) is 19.0 Å². The molecule has 0 saturated heterocycles. The third-order valence-electron chi connectivity index (χ3n) is 3.76. The van der Waals surface area contributed by atoms with Crippen molar-refractivity contribution in [2.24, 2.45) is 0 Å². The molecule has 0 spiro atoms. The molecule has 2 aromatic heterocycles. The number of rotatable bonds is 6. The molecule has 0 atom stereocenters. The topological polar surface area (TPSA) is 84.7 Å². The third-order valence-corrected chi connectivity index (χ3v) is 3.76. The Morgan fingerprint density at radius 1 is 1.14 bits per heavy atom. The number of nitrogens with zero attached hydrogens (tertiary/aromatic N) is 4. The van der Waals surface area contributed by atoms with Gasteiger partial charge >= 0.3 is 6.18 Å². The minimum atomic E-state index is -4.59. The van der Waals surface area contributed by atoms with Gasteiger partial charge in [-0.1, -0.05) is 12.1 Å². The second kappa shape index (κ2) is 8.07. The summed E-state index contributed by atoms with van der Waals surface area (Å²) >= 11 is 0. The van der Waals surface area contributed by atoms with Crippen molar-refractivity contribution in [1.29, 1.82) is 0 Å². The fraction of sp³-hybridized carbons (Fsp3) is 0.222. The molecule has 0 saturated carbocycles. The van der Waals surface area contributed by atoms with Crippen molar-refractivity contribution in [3.05, 3.63) is 65.7 Å². The second-order valence-corrected chi connectivity index (χ2v) is 5.84. The van der Waals surface area contributed by atoms with Gasteiger partial charge in [-0.2, -0.15) is 18.3 Å². The van der Waals surface area contributed by atoms with Crippen LogP contribution in [0.3, 0.4) is 0 Å². The van der Waals surface area contributed by atoms with E-state index in [4.69, 9.17) is 0 Å². The Balaban J connectivity index is 1.59. The quantitative estimate of drug-likeness (QED) is 0.633. The molecule has 3 aromatic rings. The highest BCUT2D eigenvalue weighted by Crippen LogP contribution is 2.31. The number of amides is 1. The molecular weight excluding hydrogens is 373 g/mol. The van der Waals surface area contributed by atoms with Crippen LogP contribution >= 0.6 is 0 Å². The highest BCUT2D eigenvalue weighted by molar-refractivity contribution is 5.95. The van der Waals surface area contributed by atoms with Gasteiger partial charge in [-0.25, -0.2) is 14.6 Å². The number of halogens is 3. The van der Waals surface area contributed by atoms with Crippen molar-refractivity contribution in [3.8, 4) is 5.82 Å². The van der Waals surface area contributed by atoms with Crippen molar-refractivity contribution in [1.82, 2.24) is 25.1 Å². The standard InChI is InChI=1S/C18H17F3N6O/c1-12-25-15(11-16(26-12)27-10-4-7-24-27)22-8-9-23-17(28)13-5-2-3-6-14(13)18(19,20)21/h2-7,10-11H,8-9H2,1H3,(H,23,28)(H,22,25,26). The number of nitrogens with one attached hydrogen (secondary N) is 2. The first-order valence-electron chi connectivity index (χ1n) is 8.38. The van der Waals surface area contributed by atoms with E-state index in [1.165, 1.54) is 12.1 Å². The molecule has 28 heavy (non-hydrogen) atoms. The van der Waals surface area contributed by atoms with Gasteiger partial charge in [-0.05, 0) is 25.1 Å². The van der Waals surface area contributed by atoms with Crippen LogP contribution in [-0.4, -0.2) is 38.7 Å². The van der Waals surface area contributed by atoms with E-state index in [-0.39, 0.29) is 13.1 Å². The van der Waals surface area contributed by atoms with Gasteiger partial charge < -0.3 is 10.6 Å². The minimum Gasteiger partial charge on any atom is -0.368 e. The molecule has 0 aliphatic carbocycles. The van der Waals surface area contributed by atoms with Gasteiger partial charge in [-0.15, -0.1) is 0 Å². The lowest BCUT2D eigenvalue weighted by Crippen LogP contribution is -2.30. The predicted molar refractivity (Wildman–Crippen MR) is 96.2 cm³/mol. The summed E-state index contributed by atoms with van der Waals surface area (Å²) < 4.78 is 40.6. The summed E-state index contributed by atoms with van der Waals surface area (Å²) in [5, 5.41) is 9.59. The lowest BCUT2D eigenvalue weighted by Gasteiger charge is -2.13. The van der Waals surface area contributed by atoms with E-state index in [1.807, 2.05) is 0 Å². The lowest BCUT2D eigenvalue weighted by atomic mass is 10.1. The van der Waals surface area contributed by atoms with Crippen molar-refractivity contribution in [3.63, 3.8) is 0 Å². The molecule has 2 heterocycles. The molecule has 1 aromatic carbocycles. The summed E-state index contributed by atoms with van der Waals surface area (Å²) in [7, 11) is 0. The Labute approximate surface area is 158 Å². The number of benzene rings is 1. The summed E-state index contributed by atoms with van der Waals surface area (Å²) in [6.45, 7) is 2.12. The number of aromatic nitrogens is 4. The van der Waals surface area contributed by atoms with E-state index in [9.17, 15) is 18.0 Å². The fourth-order valence-electron chi connectivity index (χ4n) is 2.55. The molecule has 0 aliphatic heterocycles. The maximum atomic E-state index is 13.0. The number of hydrogen-bond donors (Lipinski definition) is 2. The maximum absolute atomic E-state index is 13.0. The zero-order chi connectivity index (χ0) is 20.1. The largest absolute Gasteiger partial charge is 0.417 e. The highest BCUT2D eigenvalue weighted by Gasteiger charge is 2.34. The van der Waals surface area contributed by atoms with Gasteiger partial charge in [0.25, 0.3) is 5.91 Å². The molecule has 0 fully saturated rings. The second-order valence-electron chi connectivity index (χ2n) is 5.84. The predicted octanol–water partition coefficient (Wildman–Crippen LogP) is 2.83. The molecule has 0 bridgehead atoms. The summed E-state index contributed by atoms with van der Waals surface area (Å²) in [6, 6.07) is 8.11. The summed E-state index contributed by atoms with van der Waals surface area (Å²) in [5.41, 5.74) is -1.37. The summed E-state index contributed by atoms with van der Waals surface area (Å²) in [4.78, 5) is 20.6. The average Bonchev–Trinajstić information content (AvgIpc) is 3.19. The smallest absolute Gasteiger partial charge is 0.368 e. The van der Waals surface area contributed by atoms with E-state index in [1.54, 1.807) is 36.1 Å². The molecule has 3 rings (SSSR count). The number of carbonyl (C=O) groups is 1. The molecule has 0 radical (unpaired) electrons. The Hall–Kier alpha value is -3.43. The highest BCUT2D eigenvalue weighted by atomic mass is 19.4. The van der Waals surface area contributed by atoms with E-state index >= 15 is 0 Å². The van der Waals surface area contributed by atoms with E-state index in [2.05, 4.69) is 25.7 Å². The van der Waals surface area contributed by atoms with Crippen LogP contribution in [0.5, 0.6) is 0 Å². The van der Waals surface area contributed by atoms with Crippen LogP contribution < -0.4 is 10.6 Å². The Bertz CT molecular complexity index is 956. The van der Waals surface area contributed by atoms with Gasteiger partial charge in [0, 0.05) is 31.5 Å². The number of anilines is 1. The summed E-state index contributed by atoms with van der Waals surface area (Å²) in [6.07, 6.45) is -1.23. The van der Waals surface area contributed by atoms with Gasteiger partial charge in [0.2, 0.25) is 0 Å². The van der Waals surface area contributed by atoms with Crippen molar-refractivity contribution < 1.29 is 18.0 Å². The van der Waals surface area contributed by atoms with Gasteiger partial charge in [0.05, 0.1) is 11.1 Å². The number of alkyl halides is 3. The Morgan fingerprint density at radius 2 is 1.93 bits per heavy atom. The molecular formula is C18H17F3N6O. The van der Waals surface area contributed by atoms with Crippen molar-refractivity contribution in [2.45, 2.75) is 13.1 Å². The number of hydrogen-bond acceptors (Lipinski definition) is 5. The molecule has 146 valence electrons. The van der Waals surface area contributed by atoms with E-state index in [0.29, 0.717) is 17.5 Å². The zero-order valence-corrected chi connectivity index (χ0v) is 14.9. The van der Waals surface area contributed by atoms with Crippen LogP contribution in [-0.2, 0) is 6.18 Å². The maximum Gasteiger partial charge on any atom is 0.417 e. The van der Waals surface area contributed by atoms with Crippen LogP contribution in [0.2, 0.25) is 0 Å². The van der Waals surface area contributed by atoms with Crippen LogP contribution in [0.1, 0.15) is 21.7 Å². The lowest BCUT2D eigenvalue weighted by molar-refractivity contribution is -0.137. The first kappa shape index (κ1) is 19.3. The van der Waals surface area contributed by atoms with Gasteiger partial charge in [0.1, 0.15) is 11.6 Å². The first-order valence-corrected chi connectivity index (χ1v) is 8.38. The molecule has 0 unspecified atom stereocenters. The van der Waals surface area contributed by atoms with Crippen LogP contribution in [0.25, 0.3) is 5.82 Å². The molecule has 1 amide bonds.